The fraction of sp³-hybridized carbons (Fsp3) is 0.600. The third-order valence-electron chi connectivity index (χ3n) is 2.02. The third-order valence-corrected chi connectivity index (χ3v) is 4.86. The highest BCUT2D eigenvalue weighted by atomic mass is 32.2. The van der Waals surface area contributed by atoms with Crippen LogP contribution in [-0.2, 0) is 10.0 Å². The lowest BCUT2D eigenvalue weighted by molar-refractivity contribution is 0.567. The van der Waals surface area contributed by atoms with Crippen LogP contribution < -0.4 is 4.72 Å². The fourth-order valence-corrected chi connectivity index (χ4v) is 3.62. The molecule has 1 atom stereocenters. The van der Waals surface area contributed by atoms with Crippen molar-refractivity contribution in [3.05, 3.63) is 21.9 Å². The normalized spacial score (nSPS) is 14.1. The molecule has 0 radical (unpaired) electrons. The number of hydrogen-bond acceptors (Lipinski definition) is 3. The van der Waals surface area contributed by atoms with Gasteiger partial charge in [-0.15, -0.1) is 11.3 Å². The lowest BCUT2D eigenvalue weighted by Gasteiger charge is -2.11. The topological polar surface area (TPSA) is 46.2 Å². The van der Waals surface area contributed by atoms with Crippen LogP contribution in [0, 0.1) is 6.92 Å². The molecule has 3 nitrogen and oxygen atoms in total. The molecule has 1 heterocycles. The van der Waals surface area contributed by atoms with Gasteiger partial charge in [-0.3, -0.25) is 0 Å². The average molecular weight is 247 g/mol. The first kappa shape index (κ1) is 12.7. The first-order valence-electron chi connectivity index (χ1n) is 5.01. The molecule has 86 valence electrons. The van der Waals surface area contributed by atoms with Gasteiger partial charge in [-0.1, -0.05) is 6.92 Å². The summed E-state index contributed by atoms with van der Waals surface area (Å²) in [6.07, 6.45) is 0.644. The summed E-state index contributed by atoms with van der Waals surface area (Å²) in [5.41, 5.74) is 0. The van der Waals surface area contributed by atoms with Crippen LogP contribution in [0.1, 0.15) is 36.1 Å². The fourth-order valence-electron chi connectivity index (χ4n) is 1.34. The molecule has 1 unspecified atom stereocenters. The monoisotopic (exact) mass is 247 g/mol. The summed E-state index contributed by atoms with van der Waals surface area (Å²) in [5, 5.41) is 0. The Balaban J connectivity index is 2.67. The predicted octanol–water partition coefficient (Wildman–Crippen LogP) is 2.45. The lowest BCUT2D eigenvalue weighted by Crippen LogP contribution is -2.28. The second-order valence-corrected chi connectivity index (χ2v) is 6.80. The van der Waals surface area contributed by atoms with E-state index in [1.54, 1.807) is 11.3 Å². The van der Waals surface area contributed by atoms with Crippen molar-refractivity contribution < 1.29 is 8.42 Å². The van der Waals surface area contributed by atoms with Gasteiger partial charge in [0.25, 0.3) is 0 Å². The molecular weight excluding hydrogens is 230 g/mol. The van der Waals surface area contributed by atoms with E-state index >= 15 is 0 Å². The molecule has 0 aliphatic heterocycles. The second-order valence-electron chi connectivity index (χ2n) is 3.61. The van der Waals surface area contributed by atoms with Gasteiger partial charge in [0.15, 0.2) is 0 Å². The number of aryl methyl sites for hydroxylation is 1. The summed E-state index contributed by atoms with van der Waals surface area (Å²) in [6.45, 7) is 5.75. The van der Waals surface area contributed by atoms with Crippen LogP contribution in [-0.4, -0.2) is 14.2 Å². The average Bonchev–Trinajstić information content (AvgIpc) is 2.50. The molecule has 1 aromatic heterocycles. The number of hydrogen-bond donors (Lipinski definition) is 1. The van der Waals surface area contributed by atoms with Crippen LogP contribution in [0.4, 0.5) is 0 Å². The Kier molecular flexibility index (Phi) is 4.31. The third kappa shape index (κ3) is 3.93. The molecule has 1 aromatic rings. The molecule has 0 spiro atoms. The van der Waals surface area contributed by atoms with Gasteiger partial charge in [0.05, 0.1) is 11.8 Å². The van der Waals surface area contributed by atoms with Crippen LogP contribution in [0.15, 0.2) is 12.1 Å². The Bertz CT molecular complexity index is 409. The maximum Gasteiger partial charge on any atom is 0.212 e. The molecule has 15 heavy (non-hydrogen) atoms. The van der Waals surface area contributed by atoms with Gasteiger partial charge in [-0.2, -0.15) is 0 Å². The standard InChI is InChI=1S/C10H17NO2S2/c1-4-7-15(12,13)11-9(3)10-6-5-8(2)14-10/h5-6,9,11H,4,7H2,1-3H3. The van der Waals surface area contributed by atoms with E-state index in [-0.39, 0.29) is 11.8 Å². The Morgan fingerprint density at radius 3 is 2.60 bits per heavy atom. The van der Waals surface area contributed by atoms with E-state index in [0.717, 1.165) is 4.88 Å². The summed E-state index contributed by atoms with van der Waals surface area (Å²) in [5.74, 6) is 0.196. The molecule has 0 saturated carbocycles. The first-order valence-corrected chi connectivity index (χ1v) is 7.48. The molecular formula is C10H17NO2S2. The Morgan fingerprint density at radius 2 is 2.13 bits per heavy atom. The zero-order valence-electron chi connectivity index (χ0n) is 9.28. The minimum absolute atomic E-state index is 0.125. The quantitative estimate of drug-likeness (QED) is 0.868. The Morgan fingerprint density at radius 1 is 1.47 bits per heavy atom. The number of thiophene rings is 1. The summed E-state index contributed by atoms with van der Waals surface area (Å²) < 4.78 is 25.7. The van der Waals surface area contributed by atoms with Crippen molar-refractivity contribution in [3.63, 3.8) is 0 Å². The summed E-state index contributed by atoms with van der Waals surface area (Å²) in [7, 11) is -3.11. The highest BCUT2D eigenvalue weighted by molar-refractivity contribution is 7.89. The van der Waals surface area contributed by atoms with E-state index in [0.29, 0.717) is 6.42 Å². The van der Waals surface area contributed by atoms with Gasteiger partial charge < -0.3 is 0 Å². The van der Waals surface area contributed by atoms with Crippen molar-refractivity contribution in [1.29, 1.82) is 0 Å². The predicted molar refractivity (Wildman–Crippen MR) is 64.7 cm³/mol. The maximum absolute atomic E-state index is 11.5. The van der Waals surface area contributed by atoms with Crippen molar-refractivity contribution >= 4 is 21.4 Å². The van der Waals surface area contributed by atoms with Crippen LogP contribution in [0.5, 0.6) is 0 Å². The second kappa shape index (κ2) is 5.09. The largest absolute Gasteiger partial charge is 0.212 e. The van der Waals surface area contributed by atoms with Gasteiger partial charge in [-0.05, 0) is 32.4 Å². The van der Waals surface area contributed by atoms with E-state index in [4.69, 9.17) is 0 Å². The van der Waals surface area contributed by atoms with Gasteiger partial charge >= 0.3 is 0 Å². The van der Waals surface area contributed by atoms with Crippen LogP contribution in [0.2, 0.25) is 0 Å². The molecule has 1 N–H and O–H groups in total. The van der Waals surface area contributed by atoms with Crippen molar-refractivity contribution in [1.82, 2.24) is 4.72 Å². The summed E-state index contributed by atoms with van der Waals surface area (Å²) >= 11 is 1.63. The van der Waals surface area contributed by atoms with E-state index in [2.05, 4.69) is 4.72 Å². The van der Waals surface area contributed by atoms with E-state index in [1.807, 2.05) is 32.9 Å². The zero-order valence-corrected chi connectivity index (χ0v) is 10.9. The highest BCUT2D eigenvalue weighted by Gasteiger charge is 2.15. The molecule has 0 bridgehead atoms. The number of sulfonamides is 1. The molecule has 0 aliphatic carbocycles. The van der Waals surface area contributed by atoms with E-state index in [1.165, 1.54) is 4.88 Å². The van der Waals surface area contributed by atoms with Crippen molar-refractivity contribution in [2.45, 2.75) is 33.2 Å². The zero-order chi connectivity index (χ0) is 11.5. The van der Waals surface area contributed by atoms with Gasteiger partial charge in [-0.25, -0.2) is 13.1 Å². The smallest absolute Gasteiger partial charge is 0.212 e. The Hall–Kier alpha value is -0.390. The molecule has 0 saturated heterocycles. The van der Waals surface area contributed by atoms with Crippen molar-refractivity contribution in [2.75, 3.05) is 5.75 Å². The summed E-state index contributed by atoms with van der Waals surface area (Å²) in [6, 6.07) is 3.85. The first-order chi connectivity index (χ1) is 6.94. The van der Waals surface area contributed by atoms with Crippen molar-refractivity contribution in [3.8, 4) is 0 Å². The van der Waals surface area contributed by atoms with E-state index < -0.39 is 10.0 Å². The summed E-state index contributed by atoms with van der Waals surface area (Å²) in [4.78, 5) is 2.26. The van der Waals surface area contributed by atoms with Crippen LogP contribution in [0.3, 0.4) is 0 Å². The molecule has 0 amide bonds. The minimum atomic E-state index is -3.11. The minimum Gasteiger partial charge on any atom is -0.212 e. The van der Waals surface area contributed by atoms with Crippen LogP contribution in [0.25, 0.3) is 0 Å². The van der Waals surface area contributed by atoms with Crippen LogP contribution >= 0.6 is 11.3 Å². The highest BCUT2D eigenvalue weighted by Crippen LogP contribution is 2.22. The maximum atomic E-state index is 11.5. The van der Waals surface area contributed by atoms with Gasteiger partial charge in [0, 0.05) is 9.75 Å². The molecule has 0 aromatic carbocycles. The lowest BCUT2D eigenvalue weighted by atomic mass is 10.3. The Labute approximate surface area is 95.6 Å². The number of nitrogens with one attached hydrogen (secondary N) is 1. The molecule has 0 fully saturated rings. The number of rotatable bonds is 5. The molecule has 1 rings (SSSR count). The van der Waals surface area contributed by atoms with Gasteiger partial charge in [0.2, 0.25) is 10.0 Å². The van der Waals surface area contributed by atoms with Gasteiger partial charge in [0.1, 0.15) is 0 Å². The molecule has 0 aliphatic rings. The SMILES string of the molecule is CCCS(=O)(=O)NC(C)c1ccc(C)s1. The van der Waals surface area contributed by atoms with E-state index in [9.17, 15) is 8.42 Å². The van der Waals surface area contributed by atoms with Crippen molar-refractivity contribution in [2.24, 2.45) is 0 Å². The molecule has 5 heteroatoms.